The van der Waals surface area contributed by atoms with Gasteiger partial charge in [-0.25, -0.2) is 4.98 Å². The maximum atomic E-state index is 6.14. The van der Waals surface area contributed by atoms with E-state index in [0.29, 0.717) is 5.88 Å². The minimum absolute atomic E-state index is 0.612. The average Bonchev–Trinajstić information content (AvgIpc) is 3.04. The van der Waals surface area contributed by atoms with Crippen LogP contribution < -0.4 is 0 Å². The first-order valence-corrected chi connectivity index (χ1v) is 8.40. The number of benzene rings is 1. The lowest BCUT2D eigenvalue weighted by atomic mass is 10.0. The van der Waals surface area contributed by atoms with Gasteiger partial charge in [-0.2, -0.15) is 0 Å². The van der Waals surface area contributed by atoms with Gasteiger partial charge in [0, 0.05) is 23.9 Å². The monoisotopic (exact) mass is 310 g/mol. The SMILES string of the molecule is ClCCc1nc2ccc(Cl)cc2n1CCC1CCCC1. The van der Waals surface area contributed by atoms with Gasteiger partial charge in [0.05, 0.1) is 11.0 Å². The number of hydrogen-bond acceptors (Lipinski definition) is 1. The van der Waals surface area contributed by atoms with Crippen LogP contribution in [-0.4, -0.2) is 15.4 Å². The summed E-state index contributed by atoms with van der Waals surface area (Å²) in [7, 11) is 0. The number of aromatic nitrogens is 2. The van der Waals surface area contributed by atoms with Crippen molar-refractivity contribution >= 4 is 34.2 Å². The van der Waals surface area contributed by atoms with Crippen LogP contribution in [0.3, 0.4) is 0 Å². The minimum Gasteiger partial charge on any atom is -0.328 e. The molecule has 0 aliphatic heterocycles. The summed E-state index contributed by atoms with van der Waals surface area (Å²) in [5.41, 5.74) is 2.18. The van der Waals surface area contributed by atoms with Crippen molar-refractivity contribution in [1.29, 1.82) is 0 Å². The summed E-state index contributed by atoms with van der Waals surface area (Å²) in [6.07, 6.45) is 7.63. The van der Waals surface area contributed by atoms with Crippen LogP contribution in [-0.2, 0) is 13.0 Å². The lowest BCUT2D eigenvalue weighted by molar-refractivity contribution is 0.457. The molecule has 1 saturated carbocycles. The molecule has 1 aliphatic carbocycles. The molecular weight excluding hydrogens is 291 g/mol. The molecule has 2 nitrogen and oxygen atoms in total. The van der Waals surface area contributed by atoms with Crippen molar-refractivity contribution < 1.29 is 0 Å². The summed E-state index contributed by atoms with van der Waals surface area (Å²) >= 11 is 12.1. The van der Waals surface area contributed by atoms with Gasteiger partial charge in [0.2, 0.25) is 0 Å². The molecule has 4 heteroatoms. The maximum absolute atomic E-state index is 6.14. The van der Waals surface area contributed by atoms with Gasteiger partial charge in [-0.15, -0.1) is 11.6 Å². The highest BCUT2D eigenvalue weighted by Gasteiger charge is 2.17. The van der Waals surface area contributed by atoms with Gasteiger partial charge in [0.1, 0.15) is 5.82 Å². The van der Waals surface area contributed by atoms with Crippen molar-refractivity contribution in [2.75, 3.05) is 5.88 Å². The van der Waals surface area contributed by atoms with Gasteiger partial charge >= 0.3 is 0 Å². The molecule has 0 bridgehead atoms. The van der Waals surface area contributed by atoms with Gasteiger partial charge in [-0.1, -0.05) is 37.3 Å². The van der Waals surface area contributed by atoms with Crippen LogP contribution in [0.15, 0.2) is 18.2 Å². The molecule has 20 heavy (non-hydrogen) atoms. The van der Waals surface area contributed by atoms with Crippen LogP contribution in [0.4, 0.5) is 0 Å². The molecule has 1 heterocycles. The topological polar surface area (TPSA) is 17.8 Å². The van der Waals surface area contributed by atoms with E-state index in [1.807, 2.05) is 18.2 Å². The van der Waals surface area contributed by atoms with Crippen LogP contribution in [0.5, 0.6) is 0 Å². The summed E-state index contributed by atoms with van der Waals surface area (Å²) < 4.78 is 2.32. The minimum atomic E-state index is 0.612. The fourth-order valence-electron chi connectivity index (χ4n) is 3.28. The molecule has 108 valence electrons. The molecule has 1 aliphatic rings. The third-order valence-corrected chi connectivity index (χ3v) is 4.77. The highest BCUT2D eigenvalue weighted by Crippen LogP contribution is 2.29. The first kappa shape index (κ1) is 14.2. The number of halogens is 2. The molecule has 2 aromatic rings. The van der Waals surface area contributed by atoms with Crippen molar-refractivity contribution in [1.82, 2.24) is 9.55 Å². The standard InChI is InChI=1S/C16H20Cl2N2/c17-9-7-16-19-14-6-5-13(18)11-15(14)20(16)10-8-12-3-1-2-4-12/h5-6,11-12H,1-4,7-10H2. The Kier molecular flexibility index (Phi) is 4.52. The van der Waals surface area contributed by atoms with Crippen LogP contribution in [0.1, 0.15) is 37.9 Å². The number of fused-ring (bicyclic) bond motifs is 1. The second-order valence-electron chi connectivity index (χ2n) is 5.69. The third-order valence-electron chi connectivity index (χ3n) is 4.34. The number of aryl methyl sites for hydroxylation is 2. The van der Waals surface area contributed by atoms with Crippen LogP contribution >= 0.6 is 23.2 Å². The number of imidazole rings is 1. The van der Waals surface area contributed by atoms with Crippen molar-refractivity contribution in [2.24, 2.45) is 5.92 Å². The molecule has 0 amide bonds. The molecule has 0 unspecified atom stereocenters. The van der Waals surface area contributed by atoms with E-state index in [-0.39, 0.29) is 0 Å². The fourth-order valence-corrected chi connectivity index (χ4v) is 3.62. The smallest absolute Gasteiger partial charge is 0.111 e. The number of alkyl halides is 1. The first-order chi connectivity index (χ1) is 9.78. The molecule has 1 aromatic heterocycles. The van der Waals surface area contributed by atoms with Crippen molar-refractivity contribution in [3.63, 3.8) is 0 Å². The van der Waals surface area contributed by atoms with Gasteiger partial charge in [0.25, 0.3) is 0 Å². The Morgan fingerprint density at radius 2 is 2.05 bits per heavy atom. The van der Waals surface area contributed by atoms with E-state index in [9.17, 15) is 0 Å². The average molecular weight is 311 g/mol. The Balaban J connectivity index is 1.88. The normalized spacial score (nSPS) is 16.3. The number of hydrogen-bond donors (Lipinski definition) is 0. The van der Waals surface area contributed by atoms with Gasteiger partial charge in [-0.3, -0.25) is 0 Å². The van der Waals surface area contributed by atoms with E-state index in [1.54, 1.807) is 0 Å². The molecule has 1 fully saturated rings. The maximum Gasteiger partial charge on any atom is 0.111 e. The zero-order valence-corrected chi connectivity index (χ0v) is 13.1. The molecule has 0 atom stereocenters. The zero-order valence-electron chi connectivity index (χ0n) is 11.6. The predicted octanol–water partition coefficient (Wildman–Crippen LogP) is 5.05. The van der Waals surface area contributed by atoms with E-state index in [2.05, 4.69) is 4.57 Å². The van der Waals surface area contributed by atoms with E-state index in [4.69, 9.17) is 28.2 Å². The van der Waals surface area contributed by atoms with Crippen LogP contribution in [0.25, 0.3) is 11.0 Å². The lowest BCUT2D eigenvalue weighted by Gasteiger charge is -2.12. The Morgan fingerprint density at radius 3 is 2.80 bits per heavy atom. The second-order valence-corrected chi connectivity index (χ2v) is 6.51. The molecule has 0 spiro atoms. The van der Waals surface area contributed by atoms with Crippen LogP contribution in [0, 0.1) is 5.92 Å². The van der Waals surface area contributed by atoms with E-state index in [0.717, 1.165) is 40.8 Å². The van der Waals surface area contributed by atoms with Gasteiger partial charge < -0.3 is 4.57 Å². The van der Waals surface area contributed by atoms with E-state index >= 15 is 0 Å². The molecule has 0 N–H and O–H groups in total. The number of nitrogens with zero attached hydrogens (tertiary/aromatic N) is 2. The highest BCUT2D eigenvalue weighted by molar-refractivity contribution is 6.31. The molecule has 1 aromatic carbocycles. The fraction of sp³-hybridized carbons (Fsp3) is 0.562. The highest BCUT2D eigenvalue weighted by atomic mass is 35.5. The number of rotatable bonds is 5. The first-order valence-electron chi connectivity index (χ1n) is 7.48. The van der Waals surface area contributed by atoms with E-state index in [1.165, 1.54) is 32.1 Å². The summed E-state index contributed by atoms with van der Waals surface area (Å²) in [6, 6.07) is 5.93. The molecule has 0 radical (unpaired) electrons. The Hall–Kier alpha value is -0.730. The second kappa shape index (κ2) is 6.36. The summed E-state index contributed by atoms with van der Waals surface area (Å²) in [5.74, 6) is 2.59. The molecular formula is C16H20Cl2N2. The van der Waals surface area contributed by atoms with Crippen LogP contribution in [0.2, 0.25) is 5.02 Å². The van der Waals surface area contributed by atoms with Crippen molar-refractivity contribution in [2.45, 2.75) is 45.1 Å². The molecule has 3 rings (SSSR count). The summed E-state index contributed by atoms with van der Waals surface area (Å²) in [6.45, 7) is 1.04. The van der Waals surface area contributed by atoms with E-state index < -0.39 is 0 Å². The Bertz CT molecular complexity index is 585. The quantitative estimate of drug-likeness (QED) is 0.706. The van der Waals surface area contributed by atoms with Gasteiger partial charge in [-0.05, 0) is 30.5 Å². The summed E-state index contributed by atoms with van der Waals surface area (Å²) in [5, 5.41) is 0.775. The third kappa shape index (κ3) is 2.96. The Labute approximate surface area is 130 Å². The predicted molar refractivity (Wildman–Crippen MR) is 85.7 cm³/mol. The van der Waals surface area contributed by atoms with Crippen molar-refractivity contribution in [3.05, 3.63) is 29.0 Å². The molecule has 0 saturated heterocycles. The van der Waals surface area contributed by atoms with Gasteiger partial charge in [0.15, 0.2) is 0 Å². The largest absolute Gasteiger partial charge is 0.328 e. The van der Waals surface area contributed by atoms with Crippen molar-refractivity contribution in [3.8, 4) is 0 Å². The summed E-state index contributed by atoms with van der Waals surface area (Å²) in [4.78, 5) is 4.71. The Morgan fingerprint density at radius 1 is 1.25 bits per heavy atom. The lowest BCUT2D eigenvalue weighted by Crippen LogP contribution is -2.08. The zero-order chi connectivity index (χ0) is 13.9.